The molecule has 0 aliphatic carbocycles. The van der Waals surface area contributed by atoms with E-state index in [0.717, 1.165) is 11.6 Å². The Balaban J connectivity index is 2.18. The lowest BCUT2D eigenvalue weighted by Gasteiger charge is -1.98. The van der Waals surface area contributed by atoms with Gasteiger partial charge in [0, 0.05) is 11.0 Å². The van der Waals surface area contributed by atoms with Gasteiger partial charge < -0.3 is 0 Å². The van der Waals surface area contributed by atoms with Gasteiger partial charge >= 0.3 is 0 Å². The third kappa shape index (κ3) is 3.44. The van der Waals surface area contributed by atoms with Crippen LogP contribution in [0.15, 0.2) is 47.4 Å². The van der Waals surface area contributed by atoms with Crippen LogP contribution in [0.3, 0.4) is 0 Å². The van der Waals surface area contributed by atoms with Crippen LogP contribution < -0.4 is 0 Å². The number of hydrogen-bond donors (Lipinski definition) is 0. The molecule has 92 valence electrons. The lowest BCUT2D eigenvalue weighted by molar-refractivity contribution is 0.583. The smallest absolute Gasteiger partial charge is 0.126 e. The summed E-state index contributed by atoms with van der Waals surface area (Å²) in [4.78, 5) is 1.18. The van der Waals surface area contributed by atoms with Crippen molar-refractivity contribution in [3.05, 3.63) is 65.2 Å². The molecule has 0 unspecified atom stereocenters. The monoisotopic (exact) mass is 262 g/mol. The van der Waals surface area contributed by atoms with Gasteiger partial charge in [-0.15, -0.1) is 11.8 Å². The van der Waals surface area contributed by atoms with Crippen molar-refractivity contribution in [2.45, 2.75) is 4.90 Å². The molecule has 0 heterocycles. The fourth-order valence-corrected chi connectivity index (χ4v) is 1.99. The highest BCUT2D eigenvalue weighted by Crippen LogP contribution is 2.17. The second-order valence-corrected chi connectivity index (χ2v) is 4.69. The Morgan fingerprint density at radius 2 is 1.39 bits per heavy atom. The Kier molecular flexibility index (Phi) is 4.15. The molecule has 0 aromatic heterocycles. The Morgan fingerprint density at radius 3 is 1.94 bits per heavy atom. The molecular formula is C15H12F2S. The summed E-state index contributed by atoms with van der Waals surface area (Å²) in [7, 11) is 0. The van der Waals surface area contributed by atoms with Gasteiger partial charge in [0.2, 0.25) is 0 Å². The van der Waals surface area contributed by atoms with Crippen LogP contribution >= 0.6 is 11.8 Å². The summed E-state index contributed by atoms with van der Waals surface area (Å²) in [5.74, 6) is -1.13. The number of rotatable bonds is 3. The predicted molar refractivity (Wildman–Crippen MR) is 73.5 cm³/mol. The molecular weight excluding hydrogens is 250 g/mol. The molecule has 0 N–H and O–H groups in total. The Labute approximate surface area is 109 Å². The first kappa shape index (κ1) is 12.8. The first-order valence-electron chi connectivity index (χ1n) is 5.45. The highest BCUT2D eigenvalue weighted by molar-refractivity contribution is 7.98. The van der Waals surface area contributed by atoms with Gasteiger partial charge in [-0.3, -0.25) is 0 Å². The number of thioether (sulfide) groups is 1. The summed E-state index contributed by atoms with van der Waals surface area (Å²) in [5, 5.41) is 0. The largest absolute Gasteiger partial charge is 0.207 e. The van der Waals surface area contributed by atoms with Crippen LogP contribution in [0.1, 0.15) is 11.1 Å². The molecule has 0 aliphatic heterocycles. The Morgan fingerprint density at radius 1 is 0.833 bits per heavy atom. The molecule has 0 saturated heterocycles. The minimum Gasteiger partial charge on any atom is -0.207 e. The summed E-state index contributed by atoms with van der Waals surface area (Å²) in [5.41, 5.74) is 1.51. The minimum absolute atomic E-state index is 0.515. The van der Waals surface area contributed by atoms with E-state index in [1.165, 1.54) is 17.0 Å². The summed E-state index contributed by atoms with van der Waals surface area (Å²) in [6.07, 6.45) is 5.54. The molecule has 0 nitrogen and oxygen atoms in total. The molecule has 0 aliphatic rings. The van der Waals surface area contributed by atoms with E-state index >= 15 is 0 Å². The van der Waals surface area contributed by atoms with Gasteiger partial charge in [-0.05, 0) is 41.6 Å². The summed E-state index contributed by atoms with van der Waals surface area (Å²) < 4.78 is 26.0. The number of halogens is 2. The zero-order valence-corrected chi connectivity index (χ0v) is 10.7. The molecule has 0 bridgehead atoms. The van der Waals surface area contributed by atoms with Gasteiger partial charge in [0.1, 0.15) is 11.6 Å². The molecule has 18 heavy (non-hydrogen) atoms. The van der Waals surface area contributed by atoms with Gasteiger partial charge in [-0.1, -0.05) is 24.3 Å². The molecule has 0 spiro atoms. The first-order valence-corrected chi connectivity index (χ1v) is 6.68. The third-order valence-corrected chi connectivity index (χ3v) is 3.21. The zero-order valence-electron chi connectivity index (χ0n) is 9.86. The van der Waals surface area contributed by atoms with Crippen molar-refractivity contribution in [2.24, 2.45) is 0 Å². The van der Waals surface area contributed by atoms with Crippen molar-refractivity contribution in [1.82, 2.24) is 0 Å². The van der Waals surface area contributed by atoms with Gasteiger partial charge in [0.25, 0.3) is 0 Å². The Bertz CT molecular complexity index is 539. The summed E-state index contributed by atoms with van der Waals surface area (Å²) in [6, 6.07) is 11.4. The van der Waals surface area contributed by atoms with Crippen LogP contribution in [0, 0.1) is 11.6 Å². The predicted octanol–water partition coefficient (Wildman–Crippen LogP) is 4.86. The van der Waals surface area contributed by atoms with Crippen molar-refractivity contribution in [3.63, 3.8) is 0 Å². The first-order chi connectivity index (χ1) is 8.67. The van der Waals surface area contributed by atoms with Crippen LogP contribution in [0.4, 0.5) is 8.78 Å². The number of hydrogen-bond acceptors (Lipinski definition) is 1. The van der Waals surface area contributed by atoms with Crippen LogP contribution in [0.25, 0.3) is 12.2 Å². The standard InChI is InChI=1S/C15H12F2S/c1-18-15-6-4-11(5-7-15)2-3-12-8-13(16)10-14(17)9-12/h2-10H,1H3. The minimum atomic E-state index is -0.563. The van der Waals surface area contributed by atoms with Crippen molar-refractivity contribution in [1.29, 1.82) is 0 Å². The molecule has 0 atom stereocenters. The zero-order chi connectivity index (χ0) is 13.0. The maximum atomic E-state index is 13.0. The van der Waals surface area contributed by atoms with Crippen molar-refractivity contribution >= 4 is 23.9 Å². The maximum Gasteiger partial charge on any atom is 0.126 e. The van der Waals surface area contributed by atoms with Crippen molar-refractivity contribution in [2.75, 3.05) is 6.26 Å². The Hall–Kier alpha value is -1.61. The maximum absolute atomic E-state index is 13.0. The molecule has 2 rings (SSSR count). The van der Waals surface area contributed by atoms with Crippen LogP contribution in [0.2, 0.25) is 0 Å². The highest BCUT2D eigenvalue weighted by Gasteiger charge is 1.97. The average Bonchev–Trinajstić information content (AvgIpc) is 2.36. The molecule has 0 fully saturated rings. The van der Waals surface area contributed by atoms with E-state index in [1.807, 2.05) is 36.6 Å². The molecule has 2 aromatic rings. The summed E-state index contributed by atoms with van der Waals surface area (Å²) >= 11 is 1.67. The second kappa shape index (κ2) is 5.83. The average molecular weight is 262 g/mol. The highest BCUT2D eigenvalue weighted by atomic mass is 32.2. The van der Waals surface area contributed by atoms with Crippen molar-refractivity contribution < 1.29 is 8.78 Å². The van der Waals surface area contributed by atoms with Gasteiger partial charge in [0.15, 0.2) is 0 Å². The van der Waals surface area contributed by atoms with E-state index in [9.17, 15) is 8.78 Å². The van der Waals surface area contributed by atoms with Gasteiger partial charge in [0.05, 0.1) is 0 Å². The fraction of sp³-hybridized carbons (Fsp3) is 0.0667. The van der Waals surface area contributed by atoms with E-state index in [4.69, 9.17) is 0 Å². The second-order valence-electron chi connectivity index (χ2n) is 3.81. The van der Waals surface area contributed by atoms with Crippen LogP contribution in [-0.2, 0) is 0 Å². The topological polar surface area (TPSA) is 0 Å². The lowest BCUT2D eigenvalue weighted by Crippen LogP contribution is -1.81. The molecule has 3 heteroatoms. The quantitative estimate of drug-likeness (QED) is 0.562. The van der Waals surface area contributed by atoms with Crippen LogP contribution in [0.5, 0.6) is 0 Å². The van der Waals surface area contributed by atoms with E-state index < -0.39 is 11.6 Å². The van der Waals surface area contributed by atoms with Gasteiger partial charge in [-0.2, -0.15) is 0 Å². The third-order valence-electron chi connectivity index (χ3n) is 2.47. The lowest BCUT2D eigenvalue weighted by atomic mass is 10.1. The normalized spacial score (nSPS) is 11.1. The number of benzene rings is 2. The van der Waals surface area contributed by atoms with Gasteiger partial charge in [-0.25, -0.2) is 8.78 Å². The molecule has 2 aromatic carbocycles. The fourth-order valence-electron chi connectivity index (χ4n) is 1.58. The van der Waals surface area contributed by atoms with Crippen LogP contribution in [-0.4, -0.2) is 6.26 Å². The van der Waals surface area contributed by atoms with E-state index in [1.54, 1.807) is 17.8 Å². The van der Waals surface area contributed by atoms with E-state index in [2.05, 4.69) is 0 Å². The van der Waals surface area contributed by atoms with Crippen molar-refractivity contribution in [3.8, 4) is 0 Å². The molecule has 0 saturated carbocycles. The molecule has 0 radical (unpaired) electrons. The van der Waals surface area contributed by atoms with E-state index in [-0.39, 0.29) is 0 Å². The SMILES string of the molecule is CSc1ccc(C=Cc2cc(F)cc(F)c2)cc1. The molecule has 0 amide bonds. The van der Waals surface area contributed by atoms with E-state index in [0.29, 0.717) is 5.56 Å². The summed E-state index contributed by atoms with van der Waals surface area (Å²) in [6.45, 7) is 0.